The third-order valence-electron chi connectivity index (χ3n) is 7.03. The van der Waals surface area contributed by atoms with Crippen LogP contribution in [-0.4, -0.2) is 36.0 Å². The van der Waals surface area contributed by atoms with Crippen LogP contribution in [0, 0.1) is 0 Å². The molecule has 1 aliphatic rings. The van der Waals surface area contributed by atoms with Crippen LogP contribution in [0.4, 0.5) is 4.79 Å². The van der Waals surface area contributed by atoms with Crippen LogP contribution in [0.5, 0.6) is 5.75 Å². The summed E-state index contributed by atoms with van der Waals surface area (Å²) in [7, 11) is 0.0834. The number of hydrogen-bond acceptors (Lipinski definition) is 3. The Kier molecular flexibility index (Phi) is 6.76. The Bertz CT molecular complexity index is 963. The molecule has 0 saturated heterocycles. The van der Waals surface area contributed by atoms with Gasteiger partial charge in [0.05, 0.1) is 6.54 Å². The molecule has 6 heteroatoms. The van der Waals surface area contributed by atoms with E-state index in [9.17, 15) is 4.79 Å². The van der Waals surface area contributed by atoms with E-state index in [0.717, 1.165) is 12.2 Å². The molecule has 0 spiro atoms. The molecule has 178 valence electrons. The Labute approximate surface area is 195 Å². The smallest absolute Gasteiger partial charge is 0.410 e. The molecule has 2 heterocycles. The molecule has 5 nitrogen and oxygen atoms in total. The lowest BCUT2D eigenvalue weighted by Gasteiger charge is -2.42. The van der Waals surface area contributed by atoms with Crippen molar-refractivity contribution in [3.05, 3.63) is 29.5 Å². The van der Waals surface area contributed by atoms with Crippen molar-refractivity contribution in [3.8, 4) is 5.75 Å². The maximum Gasteiger partial charge on any atom is 0.410 e. The maximum absolute atomic E-state index is 12.6. The summed E-state index contributed by atoms with van der Waals surface area (Å²) < 4.78 is 14.8. The molecule has 3 rings (SSSR count). The monoisotopic (exact) mass is 458 g/mol. The van der Waals surface area contributed by atoms with Crippen molar-refractivity contribution in [1.29, 1.82) is 0 Å². The van der Waals surface area contributed by atoms with Crippen molar-refractivity contribution >= 4 is 25.3 Å². The first-order chi connectivity index (χ1) is 14.8. The van der Waals surface area contributed by atoms with Gasteiger partial charge in [-0.3, -0.25) is 0 Å². The molecule has 0 fully saturated rings. The van der Waals surface area contributed by atoms with Gasteiger partial charge in [0.1, 0.15) is 11.4 Å². The quantitative estimate of drug-likeness (QED) is 0.452. The molecule has 0 unspecified atom stereocenters. The van der Waals surface area contributed by atoms with Crippen molar-refractivity contribution in [1.82, 2.24) is 9.47 Å². The first-order valence-corrected chi connectivity index (χ1v) is 14.2. The second-order valence-electron chi connectivity index (χ2n) is 11.2. The zero-order valence-corrected chi connectivity index (χ0v) is 22.7. The molecule has 1 aromatic heterocycles. The fourth-order valence-electron chi connectivity index (χ4n) is 5.64. The van der Waals surface area contributed by atoms with Crippen LogP contribution < -0.4 is 4.43 Å². The van der Waals surface area contributed by atoms with Crippen LogP contribution >= 0.6 is 0 Å². The van der Waals surface area contributed by atoms with Gasteiger partial charge in [-0.25, -0.2) is 4.79 Å². The Hall–Kier alpha value is -1.95. The average Bonchev–Trinajstić information content (AvgIpc) is 2.95. The van der Waals surface area contributed by atoms with Gasteiger partial charge in [-0.2, -0.15) is 0 Å². The van der Waals surface area contributed by atoms with Crippen molar-refractivity contribution in [2.75, 3.05) is 6.54 Å². The third-order valence-corrected chi connectivity index (χ3v) is 13.0. The van der Waals surface area contributed by atoms with Crippen LogP contribution in [0.2, 0.25) is 16.6 Å². The number of benzene rings is 1. The van der Waals surface area contributed by atoms with Crippen molar-refractivity contribution < 1.29 is 14.0 Å². The highest BCUT2D eigenvalue weighted by molar-refractivity contribution is 6.78. The summed E-state index contributed by atoms with van der Waals surface area (Å²) in [5.41, 5.74) is 4.83. The number of fused-ring (bicyclic) bond motifs is 3. The second-order valence-corrected chi connectivity index (χ2v) is 16.6. The molecule has 0 saturated carbocycles. The Morgan fingerprint density at radius 1 is 1.03 bits per heavy atom. The van der Waals surface area contributed by atoms with Crippen LogP contribution in [0.15, 0.2) is 18.2 Å². The minimum Gasteiger partial charge on any atom is -0.543 e. The lowest BCUT2D eigenvalue weighted by atomic mass is 10.0. The van der Waals surface area contributed by atoms with Gasteiger partial charge in [-0.05, 0) is 67.6 Å². The summed E-state index contributed by atoms with van der Waals surface area (Å²) in [6.07, 6.45) is 0.593. The number of carbonyl (C=O) groups excluding carboxylic acids is 1. The molecule has 0 radical (unpaired) electrons. The van der Waals surface area contributed by atoms with E-state index in [2.05, 4.69) is 71.4 Å². The standard InChI is InChI=1S/C26H42N2O3Si/c1-17(2)32(18(3)4,19(5)6)31-20-11-12-23-22(15-20)21-13-14-28(16-24(21)27(23)10)25(29)30-26(7,8)9/h11-12,15,17-19H,13-14,16H2,1-10H3. The SMILES string of the molecule is CC(C)[Si](Oc1ccc2c(c1)c1c(n2C)CN(C(=O)OC(C)(C)C)CC1)(C(C)C)C(C)C. The molecule has 0 atom stereocenters. The van der Waals surface area contributed by atoms with Crippen LogP contribution in [0.1, 0.15) is 73.6 Å². The normalized spacial score (nSPS) is 15.1. The molecule has 1 amide bonds. The predicted molar refractivity (Wildman–Crippen MR) is 135 cm³/mol. The molecule has 0 N–H and O–H groups in total. The van der Waals surface area contributed by atoms with Crippen LogP contribution in [0.25, 0.3) is 10.9 Å². The van der Waals surface area contributed by atoms with E-state index in [1.54, 1.807) is 0 Å². The molecule has 1 aromatic carbocycles. The lowest BCUT2D eigenvalue weighted by Crippen LogP contribution is -2.50. The number of nitrogens with zero attached hydrogens (tertiary/aromatic N) is 2. The van der Waals surface area contributed by atoms with E-state index in [0.29, 0.717) is 29.7 Å². The maximum atomic E-state index is 12.6. The Morgan fingerprint density at radius 2 is 1.62 bits per heavy atom. The molecule has 0 aliphatic carbocycles. The van der Waals surface area contributed by atoms with Crippen molar-refractivity contribution in [2.24, 2.45) is 7.05 Å². The molecular formula is C26H42N2O3Si. The highest BCUT2D eigenvalue weighted by Crippen LogP contribution is 2.43. The number of aryl methyl sites for hydroxylation is 1. The van der Waals surface area contributed by atoms with Crippen LogP contribution in [-0.2, 0) is 24.8 Å². The van der Waals surface area contributed by atoms with Gasteiger partial charge in [-0.15, -0.1) is 0 Å². The zero-order chi connectivity index (χ0) is 24.0. The largest absolute Gasteiger partial charge is 0.543 e. The van der Waals surface area contributed by atoms with Gasteiger partial charge in [0.25, 0.3) is 8.32 Å². The van der Waals surface area contributed by atoms with E-state index in [1.807, 2.05) is 25.7 Å². The first kappa shape index (κ1) is 24.7. The average molecular weight is 459 g/mol. The summed E-state index contributed by atoms with van der Waals surface area (Å²) in [5.74, 6) is 0.989. The molecule has 1 aliphatic heterocycles. The highest BCUT2D eigenvalue weighted by Gasteiger charge is 2.47. The summed E-state index contributed by atoms with van der Waals surface area (Å²) in [4.78, 5) is 14.4. The second kappa shape index (κ2) is 8.77. The highest BCUT2D eigenvalue weighted by atomic mass is 28.4. The fourth-order valence-corrected chi connectivity index (χ4v) is 10.9. The minimum atomic E-state index is -2.01. The number of carbonyl (C=O) groups is 1. The summed E-state index contributed by atoms with van der Waals surface area (Å²) in [6, 6.07) is 6.56. The summed E-state index contributed by atoms with van der Waals surface area (Å²) in [6.45, 7) is 20.9. The molecule has 0 bridgehead atoms. The van der Waals surface area contributed by atoms with Gasteiger partial charge >= 0.3 is 6.09 Å². The van der Waals surface area contributed by atoms with E-state index in [1.165, 1.54) is 22.2 Å². The van der Waals surface area contributed by atoms with Crippen molar-refractivity contribution in [2.45, 2.75) is 97.5 Å². The number of aromatic nitrogens is 1. The number of amides is 1. The van der Waals surface area contributed by atoms with Gasteiger partial charge in [0.2, 0.25) is 0 Å². The Balaban J connectivity index is 1.96. The summed E-state index contributed by atoms with van der Waals surface area (Å²) >= 11 is 0. The fraction of sp³-hybridized carbons (Fsp3) is 0.654. The van der Waals surface area contributed by atoms with E-state index in [-0.39, 0.29) is 6.09 Å². The third kappa shape index (κ3) is 4.43. The number of ether oxygens (including phenoxy) is 1. The van der Waals surface area contributed by atoms with Crippen LogP contribution in [0.3, 0.4) is 0 Å². The lowest BCUT2D eigenvalue weighted by molar-refractivity contribution is 0.0220. The van der Waals surface area contributed by atoms with Gasteiger partial charge < -0.3 is 18.6 Å². The van der Waals surface area contributed by atoms with Gasteiger partial charge in [-0.1, -0.05) is 41.5 Å². The van der Waals surface area contributed by atoms with Crippen molar-refractivity contribution in [3.63, 3.8) is 0 Å². The summed E-state index contributed by atoms with van der Waals surface area (Å²) in [5, 5.41) is 1.25. The van der Waals surface area contributed by atoms with E-state index in [4.69, 9.17) is 9.16 Å². The van der Waals surface area contributed by atoms with E-state index < -0.39 is 13.9 Å². The van der Waals surface area contributed by atoms with Gasteiger partial charge in [0.15, 0.2) is 0 Å². The minimum absolute atomic E-state index is 0.237. The first-order valence-electron chi connectivity index (χ1n) is 12.0. The number of hydrogen-bond donors (Lipinski definition) is 0. The molecule has 32 heavy (non-hydrogen) atoms. The Morgan fingerprint density at radius 3 is 2.16 bits per heavy atom. The molecular weight excluding hydrogens is 416 g/mol. The number of rotatable bonds is 5. The van der Waals surface area contributed by atoms with Gasteiger partial charge in [0, 0.05) is 30.2 Å². The zero-order valence-electron chi connectivity index (χ0n) is 21.7. The predicted octanol–water partition coefficient (Wildman–Crippen LogP) is 7.03. The van der Waals surface area contributed by atoms with E-state index >= 15 is 0 Å². The molecule has 2 aromatic rings. The topological polar surface area (TPSA) is 43.7 Å².